The Bertz CT molecular complexity index is 532. The van der Waals surface area contributed by atoms with Crippen molar-refractivity contribution in [2.75, 3.05) is 20.1 Å². The van der Waals surface area contributed by atoms with Crippen LogP contribution >= 0.6 is 0 Å². The topological polar surface area (TPSA) is 69.6 Å². The summed E-state index contributed by atoms with van der Waals surface area (Å²) < 4.78 is 13.6. The Morgan fingerprint density at radius 2 is 2.05 bits per heavy atom. The highest BCUT2D eigenvalue weighted by Crippen LogP contribution is 2.26. The lowest BCUT2D eigenvalue weighted by atomic mass is 10.0. The minimum atomic E-state index is -0.579. The van der Waals surface area contributed by atoms with E-state index in [0.29, 0.717) is 12.1 Å². The highest BCUT2D eigenvalue weighted by Gasteiger charge is 2.17. The second-order valence-electron chi connectivity index (χ2n) is 4.90. The van der Waals surface area contributed by atoms with Gasteiger partial charge in [-0.3, -0.25) is 14.5 Å². The molecule has 2 N–H and O–H groups in total. The number of ketones is 1. The van der Waals surface area contributed by atoms with E-state index in [0.717, 1.165) is 12.5 Å². The van der Waals surface area contributed by atoms with Gasteiger partial charge in [0, 0.05) is 19.2 Å². The van der Waals surface area contributed by atoms with Crippen molar-refractivity contribution in [1.29, 1.82) is 0 Å². The monoisotopic (exact) mass is 296 g/mol. The van der Waals surface area contributed by atoms with Gasteiger partial charge >= 0.3 is 0 Å². The third-order valence-corrected chi connectivity index (χ3v) is 3.11. The average Bonchev–Trinajstić information content (AvgIpc) is 2.42. The van der Waals surface area contributed by atoms with Gasteiger partial charge < -0.3 is 10.4 Å². The number of hydrogen-bond donors (Lipinski definition) is 2. The van der Waals surface area contributed by atoms with E-state index >= 15 is 0 Å². The van der Waals surface area contributed by atoms with Gasteiger partial charge in [0.2, 0.25) is 5.91 Å². The number of aromatic hydroxyl groups is 1. The van der Waals surface area contributed by atoms with Crippen LogP contribution in [0.3, 0.4) is 0 Å². The summed E-state index contributed by atoms with van der Waals surface area (Å²) in [6.45, 7) is 4.20. The maximum atomic E-state index is 13.6. The molecular formula is C15H21FN2O3. The molecule has 0 spiro atoms. The number of carbonyl (C=O) groups is 2. The second kappa shape index (κ2) is 7.73. The first-order valence-corrected chi connectivity index (χ1v) is 6.84. The number of nitrogens with zero attached hydrogens (tertiary/aromatic N) is 1. The number of nitrogens with one attached hydrogen (secondary N) is 1. The molecular weight excluding hydrogens is 275 g/mol. The molecule has 0 atom stereocenters. The Balaban J connectivity index is 3.02. The standard InChI is InChI=1S/C15H21FN2O3/c1-4-5-18(9-14(20)17-3)8-11-6-12(16)7-13(10(2)19)15(11)21/h6-7,21H,4-5,8-9H2,1-3H3,(H,17,20). The van der Waals surface area contributed by atoms with Crippen molar-refractivity contribution >= 4 is 11.7 Å². The minimum absolute atomic E-state index is 0.0404. The number of rotatable bonds is 7. The van der Waals surface area contributed by atoms with E-state index in [1.54, 1.807) is 11.9 Å². The molecule has 0 aliphatic carbocycles. The van der Waals surface area contributed by atoms with Crippen LogP contribution in [0.1, 0.15) is 36.2 Å². The number of carbonyl (C=O) groups excluding carboxylic acids is 2. The molecule has 1 amide bonds. The van der Waals surface area contributed by atoms with E-state index in [-0.39, 0.29) is 30.3 Å². The molecule has 0 radical (unpaired) electrons. The van der Waals surface area contributed by atoms with Gasteiger partial charge in [-0.05, 0) is 32.0 Å². The Kier molecular flexibility index (Phi) is 6.30. The SMILES string of the molecule is CCCN(CC(=O)NC)Cc1cc(F)cc(C(C)=O)c1O. The maximum absolute atomic E-state index is 13.6. The molecule has 1 aromatic carbocycles. The van der Waals surface area contributed by atoms with Crippen LogP contribution in [0.15, 0.2) is 12.1 Å². The van der Waals surface area contributed by atoms with E-state index in [4.69, 9.17) is 0 Å². The van der Waals surface area contributed by atoms with E-state index < -0.39 is 11.6 Å². The summed E-state index contributed by atoms with van der Waals surface area (Å²) in [6, 6.07) is 2.21. The van der Waals surface area contributed by atoms with E-state index in [1.807, 2.05) is 6.92 Å². The predicted octanol–water partition coefficient (Wildman–Crippen LogP) is 1.69. The molecule has 0 heterocycles. The van der Waals surface area contributed by atoms with Crippen molar-refractivity contribution < 1.29 is 19.1 Å². The molecule has 116 valence electrons. The largest absolute Gasteiger partial charge is 0.507 e. The molecule has 1 aromatic rings. The van der Waals surface area contributed by atoms with Gasteiger partial charge in [0.25, 0.3) is 0 Å². The smallest absolute Gasteiger partial charge is 0.233 e. The predicted molar refractivity (Wildman–Crippen MR) is 77.7 cm³/mol. The summed E-state index contributed by atoms with van der Waals surface area (Å²) >= 11 is 0. The fourth-order valence-corrected chi connectivity index (χ4v) is 2.10. The molecule has 0 aromatic heterocycles. The van der Waals surface area contributed by atoms with Gasteiger partial charge in [-0.25, -0.2) is 4.39 Å². The third kappa shape index (κ3) is 4.82. The van der Waals surface area contributed by atoms with E-state index in [2.05, 4.69) is 5.32 Å². The van der Waals surface area contributed by atoms with Crippen LogP contribution in [-0.4, -0.2) is 41.8 Å². The van der Waals surface area contributed by atoms with Crippen molar-refractivity contribution in [3.05, 3.63) is 29.1 Å². The molecule has 0 saturated heterocycles. The maximum Gasteiger partial charge on any atom is 0.233 e. The second-order valence-corrected chi connectivity index (χ2v) is 4.90. The highest BCUT2D eigenvalue weighted by atomic mass is 19.1. The van der Waals surface area contributed by atoms with Crippen molar-refractivity contribution in [3.8, 4) is 5.75 Å². The molecule has 21 heavy (non-hydrogen) atoms. The van der Waals surface area contributed by atoms with E-state index in [1.165, 1.54) is 13.0 Å². The fourth-order valence-electron chi connectivity index (χ4n) is 2.10. The van der Waals surface area contributed by atoms with Crippen LogP contribution in [0.25, 0.3) is 0 Å². The van der Waals surface area contributed by atoms with Crippen molar-refractivity contribution in [2.24, 2.45) is 0 Å². The lowest BCUT2D eigenvalue weighted by Crippen LogP contribution is -2.35. The first-order chi connectivity index (χ1) is 9.88. The number of benzene rings is 1. The Hall–Kier alpha value is -1.95. The number of phenolic OH excluding ortho intramolecular Hbond substituents is 1. The fraction of sp³-hybridized carbons (Fsp3) is 0.467. The van der Waals surface area contributed by atoms with Crippen LogP contribution < -0.4 is 5.32 Å². The number of phenols is 1. The average molecular weight is 296 g/mol. The minimum Gasteiger partial charge on any atom is -0.507 e. The van der Waals surface area contributed by atoms with E-state index in [9.17, 15) is 19.1 Å². The van der Waals surface area contributed by atoms with Gasteiger partial charge in [0.05, 0.1) is 12.1 Å². The summed E-state index contributed by atoms with van der Waals surface area (Å²) in [6.07, 6.45) is 0.812. The van der Waals surface area contributed by atoms with Crippen molar-refractivity contribution in [3.63, 3.8) is 0 Å². The Morgan fingerprint density at radius 3 is 2.57 bits per heavy atom. The summed E-state index contributed by atoms with van der Waals surface area (Å²) in [5.41, 5.74) is 0.263. The highest BCUT2D eigenvalue weighted by molar-refractivity contribution is 5.97. The van der Waals surface area contributed by atoms with Crippen LogP contribution in [0.4, 0.5) is 4.39 Å². The summed E-state index contributed by atoms with van der Waals surface area (Å²) in [5.74, 6) is -1.36. The van der Waals surface area contributed by atoms with Crippen LogP contribution in [0, 0.1) is 5.82 Å². The summed E-state index contributed by atoms with van der Waals surface area (Å²) in [4.78, 5) is 24.7. The molecule has 0 unspecified atom stereocenters. The van der Waals surface area contributed by atoms with Crippen LogP contribution in [0.2, 0.25) is 0 Å². The molecule has 5 nitrogen and oxygen atoms in total. The summed E-state index contributed by atoms with van der Waals surface area (Å²) in [5, 5.41) is 12.6. The van der Waals surface area contributed by atoms with Gasteiger partial charge in [-0.1, -0.05) is 6.92 Å². The summed E-state index contributed by atoms with van der Waals surface area (Å²) in [7, 11) is 1.54. The first kappa shape index (κ1) is 17.1. The third-order valence-electron chi connectivity index (χ3n) is 3.11. The zero-order chi connectivity index (χ0) is 16.0. The number of likely N-dealkylation sites (N-methyl/N-ethyl adjacent to an activating group) is 1. The molecule has 0 fully saturated rings. The molecule has 6 heteroatoms. The number of Topliss-reactive ketones (excluding diaryl/α,β-unsaturated/α-hetero) is 1. The number of halogens is 1. The lowest BCUT2D eigenvalue weighted by molar-refractivity contribution is -0.121. The zero-order valence-corrected chi connectivity index (χ0v) is 12.6. The molecule has 0 aliphatic heterocycles. The van der Waals surface area contributed by atoms with Crippen molar-refractivity contribution in [2.45, 2.75) is 26.8 Å². The van der Waals surface area contributed by atoms with Gasteiger partial charge in [-0.15, -0.1) is 0 Å². The Labute approximate surface area is 123 Å². The molecule has 0 saturated carbocycles. The van der Waals surface area contributed by atoms with Gasteiger partial charge in [0.1, 0.15) is 11.6 Å². The number of amides is 1. The molecule has 1 rings (SSSR count). The molecule has 0 aliphatic rings. The zero-order valence-electron chi connectivity index (χ0n) is 12.6. The lowest BCUT2D eigenvalue weighted by Gasteiger charge is -2.21. The van der Waals surface area contributed by atoms with Crippen LogP contribution in [-0.2, 0) is 11.3 Å². The number of hydrogen-bond acceptors (Lipinski definition) is 4. The van der Waals surface area contributed by atoms with Crippen LogP contribution in [0.5, 0.6) is 5.75 Å². The molecule has 0 bridgehead atoms. The van der Waals surface area contributed by atoms with Gasteiger partial charge in [-0.2, -0.15) is 0 Å². The van der Waals surface area contributed by atoms with Gasteiger partial charge in [0.15, 0.2) is 5.78 Å². The first-order valence-electron chi connectivity index (χ1n) is 6.84. The van der Waals surface area contributed by atoms with Crippen molar-refractivity contribution in [1.82, 2.24) is 10.2 Å². The normalized spacial score (nSPS) is 10.7. The quantitative estimate of drug-likeness (QED) is 0.751. The Morgan fingerprint density at radius 1 is 1.38 bits per heavy atom.